The molecule has 0 saturated carbocycles. The van der Waals surface area contributed by atoms with Crippen molar-refractivity contribution in [3.8, 4) is 22.6 Å². The molecule has 0 spiro atoms. The Balaban J connectivity index is 2.82. The van der Waals surface area contributed by atoms with Gasteiger partial charge in [-0.25, -0.2) is 0 Å². The van der Waals surface area contributed by atoms with Crippen molar-refractivity contribution in [1.29, 1.82) is 0 Å². The van der Waals surface area contributed by atoms with Gasteiger partial charge in [0.2, 0.25) is 0 Å². The zero-order valence-electron chi connectivity index (χ0n) is 14.4. The predicted octanol–water partition coefficient (Wildman–Crippen LogP) is 5.63. The van der Waals surface area contributed by atoms with Crippen LogP contribution in [0.5, 0.6) is 11.5 Å². The summed E-state index contributed by atoms with van der Waals surface area (Å²) in [5, 5.41) is 21.5. The number of hydrogen-bond donors (Lipinski definition) is 2. The van der Waals surface area contributed by atoms with Crippen molar-refractivity contribution in [1.82, 2.24) is 0 Å². The molecule has 2 aromatic rings. The minimum atomic E-state index is 0.232. The molecular weight excluding hydrogens is 272 g/mol. The Hall–Kier alpha value is -1.96. The molecule has 0 aromatic heterocycles. The van der Waals surface area contributed by atoms with Crippen LogP contribution >= 0.6 is 0 Å². The first-order valence-corrected chi connectivity index (χ1v) is 7.91. The van der Waals surface area contributed by atoms with Gasteiger partial charge in [-0.05, 0) is 47.9 Å². The maximum atomic E-state index is 10.8. The first kappa shape index (κ1) is 16.4. The monoisotopic (exact) mass is 298 g/mol. The molecule has 2 aromatic carbocycles. The lowest BCUT2D eigenvalue weighted by Gasteiger charge is -2.20. The largest absolute Gasteiger partial charge is 0.507 e. The van der Waals surface area contributed by atoms with Crippen LogP contribution < -0.4 is 0 Å². The van der Waals surface area contributed by atoms with Crippen molar-refractivity contribution >= 4 is 0 Å². The van der Waals surface area contributed by atoms with Crippen LogP contribution in [-0.4, -0.2) is 10.2 Å². The smallest absolute Gasteiger partial charge is 0.127 e. The molecule has 22 heavy (non-hydrogen) atoms. The van der Waals surface area contributed by atoms with Crippen molar-refractivity contribution < 1.29 is 10.2 Å². The van der Waals surface area contributed by atoms with Crippen molar-refractivity contribution in [3.05, 3.63) is 46.5 Å². The standard InChI is InChI=1S/C20H26O2/c1-11(2)15-9-7-13(5)17(19(15)21)18-14(6)8-10-16(12(3)4)20(18)22/h7-12,21-22H,1-6H3. The molecule has 0 unspecified atom stereocenters. The van der Waals surface area contributed by atoms with Crippen LogP contribution in [0.3, 0.4) is 0 Å². The highest BCUT2D eigenvalue weighted by atomic mass is 16.3. The van der Waals surface area contributed by atoms with Gasteiger partial charge in [0.1, 0.15) is 11.5 Å². The summed E-state index contributed by atoms with van der Waals surface area (Å²) in [7, 11) is 0. The van der Waals surface area contributed by atoms with E-state index in [1.165, 1.54) is 0 Å². The number of phenols is 2. The third kappa shape index (κ3) is 2.70. The molecule has 0 atom stereocenters. The van der Waals surface area contributed by atoms with Crippen LogP contribution in [0.4, 0.5) is 0 Å². The van der Waals surface area contributed by atoms with Crippen molar-refractivity contribution in [3.63, 3.8) is 0 Å². The van der Waals surface area contributed by atoms with Crippen LogP contribution in [0.25, 0.3) is 11.1 Å². The van der Waals surface area contributed by atoms with E-state index in [0.29, 0.717) is 0 Å². The zero-order valence-corrected chi connectivity index (χ0v) is 14.4. The molecule has 0 heterocycles. The number of benzene rings is 2. The summed E-state index contributed by atoms with van der Waals surface area (Å²) in [6, 6.07) is 7.98. The fourth-order valence-corrected chi connectivity index (χ4v) is 2.98. The molecule has 0 saturated heterocycles. The molecule has 0 aliphatic heterocycles. The SMILES string of the molecule is Cc1ccc(C(C)C)c(O)c1-c1c(C)ccc(C(C)C)c1O. The van der Waals surface area contributed by atoms with Crippen LogP contribution in [0, 0.1) is 13.8 Å². The summed E-state index contributed by atoms with van der Waals surface area (Å²) in [6.07, 6.45) is 0. The third-order valence-electron chi connectivity index (χ3n) is 4.33. The molecule has 2 nitrogen and oxygen atoms in total. The quantitative estimate of drug-likeness (QED) is 0.771. The minimum absolute atomic E-state index is 0.232. The van der Waals surface area contributed by atoms with E-state index >= 15 is 0 Å². The number of rotatable bonds is 3. The Labute approximate surface area is 133 Å². The summed E-state index contributed by atoms with van der Waals surface area (Å²) in [5.74, 6) is 1.04. The van der Waals surface area contributed by atoms with Gasteiger partial charge in [0, 0.05) is 11.1 Å². The topological polar surface area (TPSA) is 40.5 Å². The van der Waals surface area contributed by atoms with E-state index in [-0.39, 0.29) is 23.3 Å². The summed E-state index contributed by atoms with van der Waals surface area (Å²) in [6.45, 7) is 12.2. The maximum Gasteiger partial charge on any atom is 0.127 e. The number of hydrogen-bond acceptors (Lipinski definition) is 2. The van der Waals surface area contributed by atoms with E-state index in [1.807, 2.05) is 38.1 Å². The van der Waals surface area contributed by atoms with Gasteiger partial charge in [0.05, 0.1) is 0 Å². The highest BCUT2D eigenvalue weighted by Crippen LogP contribution is 2.45. The van der Waals surface area contributed by atoms with E-state index in [4.69, 9.17) is 0 Å². The van der Waals surface area contributed by atoms with E-state index < -0.39 is 0 Å². The second-order valence-corrected chi connectivity index (χ2v) is 6.70. The second kappa shape index (κ2) is 6.04. The van der Waals surface area contributed by atoms with Crippen LogP contribution in [-0.2, 0) is 0 Å². The summed E-state index contributed by atoms with van der Waals surface area (Å²) >= 11 is 0. The Bertz CT molecular complexity index is 636. The van der Waals surface area contributed by atoms with Crippen LogP contribution in [0.2, 0.25) is 0 Å². The van der Waals surface area contributed by atoms with Gasteiger partial charge in [-0.15, -0.1) is 0 Å². The molecule has 0 aliphatic rings. The van der Waals surface area contributed by atoms with Crippen molar-refractivity contribution in [2.45, 2.75) is 53.4 Å². The molecule has 0 fully saturated rings. The first-order valence-electron chi connectivity index (χ1n) is 7.91. The number of aromatic hydroxyl groups is 2. The Morgan fingerprint density at radius 1 is 0.636 bits per heavy atom. The number of aryl methyl sites for hydroxylation is 2. The summed E-state index contributed by atoms with van der Waals surface area (Å²) in [4.78, 5) is 0. The van der Waals surface area contributed by atoms with Crippen molar-refractivity contribution in [2.75, 3.05) is 0 Å². The molecule has 2 rings (SSSR count). The molecule has 0 amide bonds. The molecule has 2 N–H and O–H groups in total. The average Bonchev–Trinajstić information content (AvgIpc) is 2.41. The third-order valence-corrected chi connectivity index (χ3v) is 4.33. The number of phenolic OH excluding ortho intramolecular Hbond substituents is 2. The second-order valence-electron chi connectivity index (χ2n) is 6.70. The van der Waals surface area contributed by atoms with E-state index in [9.17, 15) is 10.2 Å². The van der Waals surface area contributed by atoms with Gasteiger partial charge in [0.25, 0.3) is 0 Å². The highest BCUT2D eigenvalue weighted by molar-refractivity contribution is 5.83. The predicted molar refractivity (Wildman–Crippen MR) is 92.9 cm³/mol. The minimum Gasteiger partial charge on any atom is -0.507 e. The van der Waals surface area contributed by atoms with E-state index in [1.54, 1.807) is 0 Å². The Morgan fingerprint density at radius 3 is 1.23 bits per heavy atom. The van der Waals surface area contributed by atoms with Crippen LogP contribution in [0.1, 0.15) is 61.8 Å². The summed E-state index contributed by atoms with van der Waals surface area (Å²) in [5.41, 5.74) is 5.28. The normalized spacial score (nSPS) is 11.5. The maximum absolute atomic E-state index is 10.8. The lowest BCUT2D eigenvalue weighted by atomic mass is 9.87. The lowest BCUT2D eigenvalue weighted by molar-refractivity contribution is 0.458. The molecule has 0 aliphatic carbocycles. The van der Waals surface area contributed by atoms with E-state index in [2.05, 4.69) is 27.7 Å². The first-order chi connectivity index (χ1) is 10.3. The molecule has 0 bridgehead atoms. The van der Waals surface area contributed by atoms with E-state index in [0.717, 1.165) is 33.4 Å². The highest BCUT2D eigenvalue weighted by Gasteiger charge is 2.21. The summed E-state index contributed by atoms with van der Waals surface area (Å²) < 4.78 is 0. The molecule has 118 valence electrons. The fraction of sp³-hybridized carbons (Fsp3) is 0.400. The van der Waals surface area contributed by atoms with Gasteiger partial charge in [-0.2, -0.15) is 0 Å². The fourth-order valence-electron chi connectivity index (χ4n) is 2.98. The molecular formula is C20H26O2. The van der Waals surface area contributed by atoms with Crippen LogP contribution in [0.15, 0.2) is 24.3 Å². The van der Waals surface area contributed by atoms with Crippen molar-refractivity contribution in [2.24, 2.45) is 0 Å². The van der Waals surface area contributed by atoms with Gasteiger partial charge in [0.15, 0.2) is 0 Å². The molecule has 0 radical (unpaired) electrons. The van der Waals surface area contributed by atoms with Gasteiger partial charge < -0.3 is 10.2 Å². The Kier molecular flexibility index (Phi) is 4.50. The van der Waals surface area contributed by atoms with Gasteiger partial charge in [-0.1, -0.05) is 52.0 Å². The zero-order chi connectivity index (χ0) is 16.6. The average molecular weight is 298 g/mol. The lowest BCUT2D eigenvalue weighted by Crippen LogP contribution is -1.97. The van der Waals surface area contributed by atoms with Gasteiger partial charge in [-0.3, -0.25) is 0 Å². The molecule has 2 heteroatoms. The Morgan fingerprint density at radius 2 is 0.955 bits per heavy atom. The van der Waals surface area contributed by atoms with Gasteiger partial charge >= 0.3 is 0 Å².